The van der Waals surface area contributed by atoms with Crippen LogP contribution in [0.1, 0.15) is 6.92 Å². The summed E-state index contributed by atoms with van der Waals surface area (Å²) in [5.74, 6) is 0.701. The Bertz CT molecular complexity index is 391. The third-order valence-electron chi connectivity index (χ3n) is 2.31. The van der Waals surface area contributed by atoms with E-state index in [2.05, 4.69) is 15.9 Å². The SMILES string of the molecule is CC1(Oc2cc(N)c(N)cc2Br)COC1. The molecule has 4 N–H and O–H groups in total. The number of hydrogen-bond acceptors (Lipinski definition) is 4. The van der Waals surface area contributed by atoms with E-state index >= 15 is 0 Å². The highest BCUT2D eigenvalue weighted by molar-refractivity contribution is 9.10. The zero-order valence-electron chi connectivity index (χ0n) is 8.42. The lowest BCUT2D eigenvalue weighted by Crippen LogP contribution is -2.51. The summed E-state index contributed by atoms with van der Waals surface area (Å²) < 4.78 is 11.7. The second-order valence-corrected chi connectivity index (χ2v) is 4.81. The minimum absolute atomic E-state index is 0.245. The van der Waals surface area contributed by atoms with E-state index in [1.807, 2.05) is 6.92 Å². The molecule has 0 spiro atoms. The Balaban J connectivity index is 2.24. The quantitative estimate of drug-likeness (QED) is 0.806. The van der Waals surface area contributed by atoms with Crippen LogP contribution in [0.5, 0.6) is 5.75 Å². The lowest BCUT2D eigenvalue weighted by Gasteiger charge is -2.38. The van der Waals surface area contributed by atoms with Gasteiger partial charge in [-0.25, -0.2) is 0 Å². The lowest BCUT2D eigenvalue weighted by molar-refractivity contribution is -0.150. The molecule has 5 heteroatoms. The molecule has 1 aliphatic rings. The van der Waals surface area contributed by atoms with E-state index in [4.69, 9.17) is 20.9 Å². The third kappa shape index (κ3) is 2.03. The van der Waals surface area contributed by atoms with Crippen molar-refractivity contribution in [2.45, 2.75) is 12.5 Å². The Kier molecular flexibility index (Phi) is 2.52. The monoisotopic (exact) mass is 272 g/mol. The molecule has 0 bridgehead atoms. The number of ether oxygens (including phenoxy) is 2. The van der Waals surface area contributed by atoms with E-state index in [0.29, 0.717) is 30.3 Å². The summed E-state index contributed by atoms with van der Waals surface area (Å²) in [5.41, 5.74) is 12.2. The third-order valence-corrected chi connectivity index (χ3v) is 2.93. The van der Waals surface area contributed by atoms with Gasteiger partial charge in [-0.2, -0.15) is 0 Å². The molecule has 0 aliphatic carbocycles. The first kappa shape index (κ1) is 10.6. The first-order valence-corrected chi connectivity index (χ1v) is 5.41. The molecule has 0 amide bonds. The molecule has 1 heterocycles. The van der Waals surface area contributed by atoms with E-state index < -0.39 is 0 Å². The summed E-state index contributed by atoms with van der Waals surface area (Å²) in [4.78, 5) is 0. The lowest BCUT2D eigenvalue weighted by atomic mass is 10.1. The molecule has 0 unspecified atom stereocenters. The largest absolute Gasteiger partial charge is 0.481 e. The van der Waals surface area contributed by atoms with Crippen LogP contribution >= 0.6 is 15.9 Å². The fraction of sp³-hybridized carbons (Fsp3) is 0.400. The second-order valence-electron chi connectivity index (χ2n) is 3.96. The van der Waals surface area contributed by atoms with Crippen LogP contribution in [0.4, 0.5) is 11.4 Å². The highest BCUT2D eigenvalue weighted by Gasteiger charge is 2.36. The van der Waals surface area contributed by atoms with Gasteiger partial charge in [0.25, 0.3) is 0 Å². The van der Waals surface area contributed by atoms with Crippen LogP contribution in [0.25, 0.3) is 0 Å². The summed E-state index contributed by atoms with van der Waals surface area (Å²) in [6.07, 6.45) is 0. The van der Waals surface area contributed by atoms with Gasteiger partial charge in [-0.3, -0.25) is 0 Å². The summed E-state index contributed by atoms with van der Waals surface area (Å²) in [5, 5.41) is 0. The maximum absolute atomic E-state index is 5.80. The number of nitrogen functional groups attached to an aromatic ring is 2. The molecule has 0 saturated carbocycles. The summed E-state index contributed by atoms with van der Waals surface area (Å²) in [7, 11) is 0. The molecule has 1 fully saturated rings. The molecule has 0 atom stereocenters. The van der Waals surface area contributed by atoms with Crippen molar-refractivity contribution in [3.63, 3.8) is 0 Å². The van der Waals surface area contributed by atoms with Crippen LogP contribution in [0.2, 0.25) is 0 Å². The van der Waals surface area contributed by atoms with Crippen LogP contribution < -0.4 is 16.2 Å². The van der Waals surface area contributed by atoms with Gasteiger partial charge >= 0.3 is 0 Å². The van der Waals surface area contributed by atoms with Crippen molar-refractivity contribution >= 4 is 27.3 Å². The van der Waals surface area contributed by atoms with E-state index in [1.165, 1.54) is 0 Å². The van der Waals surface area contributed by atoms with E-state index in [1.54, 1.807) is 12.1 Å². The number of halogens is 1. The van der Waals surface area contributed by atoms with Crippen molar-refractivity contribution in [2.75, 3.05) is 24.7 Å². The zero-order chi connectivity index (χ0) is 11.1. The first-order chi connectivity index (χ1) is 7.00. The fourth-order valence-corrected chi connectivity index (χ4v) is 1.82. The average Bonchev–Trinajstić information content (AvgIpc) is 2.11. The van der Waals surface area contributed by atoms with Gasteiger partial charge in [0, 0.05) is 6.07 Å². The Morgan fingerprint density at radius 3 is 2.47 bits per heavy atom. The van der Waals surface area contributed by atoms with Crippen LogP contribution in [-0.2, 0) is 4.74 Å². The maximum Gasteiger partial charge on any atom is 0.153 e. The Hall–Kier alpha value is -0.940. The first-order valence-electron chi connectivity index (χ1n) is 4.61. The van der Waals surface area contributed by atoms with Crippen molar-refractivity contribution < 1.29 is 9.47 Å². The molecule has 82 valence electrons. The van der Waals surface area contributed by atoms with Gasteiger partial charge in [-0.15, -0.1) is 0 Å². The number of hydrogen-bond donors (Lipinski definition) is 2. The smallest absolute Gasteiger partial charge is 0.153 e. The van der Waals surface area contributed by atoms with Gasteiger partial charge in [-0.1, -0.05) is 0 Å². The number of rotatable bonds is 2. The van der Waals surface area contributed by atoms with Gasteiger partial charge in [0.05, 0.1) is 29.1 Å². The number of benzene rings is 1. The molecule has 15 heavy (non-hydrogen) atoms. The second kappa shape index (κ2) is 3.57. The fourth-order valence-electron chi connectivity index (χ4n) is 1.38. The van der Waals surface area contributed by atoms with Gasteiger partial charge in [0.15, 0.2) is 5.60 Å². The van der Waals surface area contributed by atoms with Gasteiger partial charge in [0.2, 0.25) is 0 Å². The molecular weight excluding hydrogens is 260 g/mol. The van der Waals surface area contributed by atoms with Gasteiger partial charge in [0.1, 0.15) is 5.75 Å². The summed E-state index contributed by atoms with van der Waals surface area (Å²) in [6, 6.07) is 3.47. The summed E-state index contributed by atoms with van der Waals surface area (Å²) in [6.45, 7) is 3.20. The number of anilines is 2. The Morgan fingerprint density at radius 2 is 1.93 bits per heavy atom. The minimum atomic E-state index is -0.245. The molecule has 2 rings (SSSR count). The van der Waals surface area contributed by atoms with Crippen molar-refractivity contribution in [1.29, 1.82) is 0 Å². The average molecular weight is 273 g/mol. The highest BCUT2D eigenvalue weighted by atomic mass is 79.9. The predicted octanol–water partition coefficient (Wildman–Crippen LogP) is 1.78. The molecule has 1 aromatic carbocycles. The molecule has 0 aromatic heterocycles. The molecule has 1 aromatic rings. The Morgan fingerprint density at radius 1 is 1.33 bits per heavy atom. The molecular formula is C10H13BrN2O2. The minimum Gasteiger partial charge on any atom is -0.481 e. The van der Waals surface area contributed by atoms with E-state index in [-0.39, 0.29) is 5.60 Å². The van der Waals surface area contributed by atoms with Crippen LogP contribution in [-0.4, -0.2) is 18.8 Å². The standard InChI is InChI=1S/C10H13BrN2O2/c1-10(4-14-5-10)15-9-3-8(13)7(12)2-6(9)11/h2-3H,4-5,12-13H2,1H3. The maximum atomic E-state index is 5.80. The predicted molar refractivity (Wildman–Crippen MR) is 62.8 cm³/mol. The van der Waals surface area contributed by atoms with Gasteiger partial charge in [-0.05, 0) is 28.9 Å². The topological polar surface area (TPSA) is 70.5 Å². The van der Waals surface area contributed by atoms with E-state index in [9.17, 15) is 0 Å². The normalized spacial score (nSPS) is 18.3. The van der Waals surface area contributed by atoms with Gasteiger partial charge < -0.3 is 20.9 Å². The van der Waals surface area contributed by atoms with Crippen LogP contribution in [0.3, 0.4) is 0 Å². The number of nitrogens with two attached hydrogens (primary N) is 2. The van der Waals surface area contributed by atoms with E-state index in [0.717, 1.165) is 4.47 Å². The molecule has 4 nitrogen and oxygen atoms in total. The highest BCUT2D eigenvalue weighted by Crippen LogP contribution is 2.35. The van der Waals surface area contributed by atoms with Crippen molar-refractivity contribution in [3.05, 3.63) is 16.6 Å². The summed E-state index contributed by atoms with van der Waals surface area (Å²) >= 11 is 3.39. The van der Waals surface area contributed by atoms with Crippen molar-refractivity contribution in [1.82, 2.24) is 0 Å². The van der Waals surface area contributed by atoms with Crippen molar-refractivity contribution in [2.24, 2.45) is 0 Å². The Labute approximate surface area is 96.7 Å². The van der Waals surface area contributed by atoms with Crippen LogP contribution in [0, 0.1) is 0 Å². The molecule has 1 saturated heterocycles. The molecule has 0 radical (unpaired) electrons. The zero-order valence-corrected chi connectivity index (χ0v) is 10.0. The molecule has 1 aliphatic heterocycles. The van der Waals surface area contributed by atoms with Crippen LogP contribution in [0.15, 0.2) is 16.6 Å². The van der Waals surface area contributed by atoms with Crippen molar-refractivity contribution in [3.8, 4) is 5.75 Å².